The van der Waals surface area contributed by atoms with Gasteiger partial charge >= 0.3 is 0 Å². The van der Waals surface area contributed by atoms with Gasteiger partial charge in [-0.2, -0.15) is 4.31 Å². The van der Waals surface area contributed by atoms with Crippen molar-refractivity contribution in [1.29, 1.82) is 0 Å². The Labute approximate surface area is 165 Å². The molecule has 1 N–H and O–H groups in total. The van der Waals surface area contributed by atoms with Gasteiger partial charge in [0.25, 0.3) is 0 Å². The summed E-state index contributed by atoms with van der Waals surface area (Å²) in [7, 11) is -1.96. The second kappa shape index (κ2) is 9.73. The monoisotopic (exact) mass is 410 g/mol. The van der Waals surface area contributed by atoms with E-state index in [1.807, 2.05) is 24.3 Å². The summed E-state index contributed by atoms with van der Waals surface area (Å²) in [6.07, 6.45) is 1.72. The fourth-order valence-electron chi connectivity index (χ4n) is 2.46. The molecule has 2 rings (SSSR count). The van der Waals surface area contributed by atoms with Gasteiger partial charge in [-0.25, -0.2) is 8.42 Å². The van der Waals surface area contributed by atoms with Crippen LogP contribution in [0.1, 0.15) is 11.1 Å². The minimum atomic E-state index is -3.56. The first-order valence-corrected chi connectivity index (χ1v) is 10.6. The van der Waals surface area contributed by atoms with E-state index in [9.17, 15) is 13.2 Å². The molecular formula is C19H23ClN2O4S. The largest absolute Gasteiger partial charge is 0.497 e. The number of carbonyl (C=O) groups excluding carboxylic acids is 1. The molecule has 6 nitrogen and oxygen atoms in total. The minimum Gasteiger partial charge on any atom is -0.497 e. The van der Waals surface area contributed by atoms with E-state index in [0.29, 0.717) is 23.6 Å². The number of benzene rings is 2. The molecule has 2 aromatic carbocycles. The molecule has 0 bridgehead atoms. The van der Waals surface area contributed by atoms with Crippen LogP contribution in [0.3, 0.4) is 0 Å². The third kappa shape index (κ3) is 6.86. The van der Waals surface area contributed by atoms with Crippen molar-refractivity contribution in [2.24, 2.45) is 0 Å². The molecule has 0 radical (unpaired) electrons. The van der Waals surface area contributed by atoms with Crippen molar-refractivity contribution in [3.05, 3.63) is 64.7 Å². The summed E-state index contributed by atoms with van der Waals surface area (Å²) in [5, 5.41) is 3.22. The van der Waals surface area contributed by atoms with Gasteiger partial charge in [0.15, 0.2) is 0 Å². The third-order valence-electron chi connectivity index (χ3n) is 3.99. The molecule has 8 heteroatoms. The maximum Gasteiger partial charge on any atom is 0.235 e. The van der Waals surface area contributed by atoms with Gasteiger partial charge in [-0.15, -0.1) is 0 Å². The lowest BCUT2D eigenvalue weighted by molar-refractivity contribution is -0.121. The lowest BCUT2D eigenvalue weighted by Crippen LogP contribution is -2.40. The maximum atomic E-state index is 12.2. The Morgan fingerprint density at radius 1 is 1.15 bits per heavy atom. The van der Waals surface area contributed by atoms with Crippen molar-refractivity contribution < 1.29 is 17.9 Å². The molecule has 0 atom stereocenters. The van der Waals surface area contributed by atoms with Crippen LogP contribution in [0, 0.1) is 0 Å². The van der Waals surface area contributed by atoms with Gasteiger partial charge < -0.3 is 10.1 Å². The second-order valence-corrected chi connectivity index (χ2v) is 8.46. The van der Waals surface area contributed by atoms with Crippen molar-refractivity contribution in [2.45, 2.75) is 13.0 Å². The molecular weight excluding hydrogens is 388 g/mol. The van der Waals surface area contributed by atoms with Crippen LogP contribution in [0.4, 0.5) is 0 Å². The zero-order valence-corrected chi connectivity index (χ0v) is 16.9. The van der Waals surface area contributed by atoms with E-state index in [4.69, 9.17) is 16.3 Å². The Bertz CT molecular complexity index is 870. The SMILES string of the molecule is COc1ccc(CCNC(=O)CN(Cc2ccccc2Cl)S(C)(=O)=O)cc1. The smallest absolute Gasteiger partial charge is 0.235 e. The molecule has 0 unspecified atom stereocenters. The average molecular weight is 411 g/mol. The number of nitrogens with zero attached hydrogens (tertiary/aromatic N) is 1. The average Bonchev–Trinajstić information content (AvgIpc) is 2.62. The summed E-state index contributed by atoms with van der Waals surface area (Å²) >= 11 is 6.10. The predicted octanol–water partition coefficient (Wildman–Crippen LogP) is 2.47. The number of sulfonamides is 1. The number of nitrogens with one attached hydrogen (secondary N) is 1. The molecule has 0 saturated heterocycles. The number of hydrogen-bond acceptors (Lipinski definition) is 4. The van der Waals surface area contributed by atoms with Gasteiger partial charge in [0.2, 0.25) is 15.9 Å². The Kier molecular flexibility index (Phi) is 7.65. The molecule has 0 aromatic heterocycles. The summed E-state index contributed by atoms with van der Waals surface area (Å²) in [5.74, 6) is 0.409. The van der Waals surface area contributed by atoms with Gasteiger partial charge in [0, 0.05) is 18.1 Å². The molecule has 0 aliphatic heterocycles. The fraction of sp³-hybridized carbons (Fsp3) is 0.316. The van der Waals surface area contributed by atoms with Gasteiger partial charge in [0.1, 0.15) is 5.75 Å². The number of rotatable bonds is 9. The first kappa shape index (κ1) is 21.2. The molecule has 0 heterocycles. The third-order valence-corrected chi connectivity index (χ3v) is 5.55. The lowest BCUT2D eigenvalue weighted by Gasteiger charge is -2.20. The Hall–Kier alpha value is -2.09. The van der Waals surface area contributed by atoms with Gasteiger partial charge in [-0.1, -0.05) is 41.9 Å². The van der Waals surface area contributed by atoms with Crippen LogP contribution >= 0.6 is 11.6 Å². The molecule has 0 saturated carbocycles. The van der Waals surface area contributed by atoms with Crippen molar-refractivity contribution in [3.8, 4) is 5.75 Å². The number of carbonyl (C=O) groups is 1. The van der Waals surface area contributed by atoms with E-state index >= 15 is 0 Å². The van der Waals surface area contributed by atoms with E-state index in [1.54, 1.807) is 31.4 Å². The molecule has 1 amide bonds. The molecule has 0 fully saturated rings. The van der Waals surface area contributed by atoms with Crippen LogP contribution < -0.4 is 10.1 Å². The van der Waals surface area contributed by atoms with Gasteiger partial charge in [-0.3, -0.25) is 4.79 Å². The normalized spacial score (nSPS) is 11.4. The van der Waals surface area contributed by atoms with E-state index in [0.717, 1.165) is 21.9 Å². The highest BCUT2D eigenvalue weighted by molar-refractivity contribution is 7.88. The Balaban J connectivity index is 1.90. The number of halogens is 1. The standard InChI is InChI=1S/C19H23ClN2O4S/c1-26-17-9-7-15(8-10-17)11-12-21-19(23)14-22(27(2,24)25)13-16-5-3-4-6-18(16)20/h3-10H,11-14H2,1-2H3,(H,21,23). The Morgan fingerprint density at radius 2 is 1.81 bits per heavy atom. The highest BCUT2D eigenvalue weighted by Crippen LogP contribution is 2.18. The summed E-state index contributed by atoms with van der Waals surface area (Å²) < 4.78 is 30.3. The van der Waals surface area contributed by atoms with Crippen molar-refractivity contribution in [1.82, 2.24) is 9.62 Å². The molecule has 146 valence electrons. The molecule has 0 spiro atoms. The molecule has 0 aliphatic carbocycles. The lowest BCUT2D eigenvalue weighted by atomic mass is 10.1. The van der Waals surface area contributed by atoms with Crippen LogP contribution in [0.25, 0.3) is 0 Å². The number of amides is 1. The van der Waals surface area contributed by atoms with E-state index in [-0.39, 0.29) is 19.0 Å². The van der Waals surface area contributed by atoms with Crippen LogP contribution in [-0.2, 0) is 27.8 Å². The van der Waals surface area contributed by atoms with Crippen molar-refractivity contribution in [3.63, 3.8) is 0 Å². The highest BCUT2D eigenvalue weighted by atomic mass is 35.5. The predicted molar refractivity (Wildman–Crippen MR) is 106 cm³/mol. The number of methoxy groups -OCH3 is 1. The summed E-state index contributed by atoms with van der Waals surface area (Å²) in [5.41, 5.74) is 1.70. The topological polar surface area (TPSA) is 75.7 Å². The summed E-state index contributed by atoms with van der Waals surface area (Å²) in [6.45, 7) is 0.200. The molecule has 27 heavy (non-hydrogen) atoms. The van der Waals surface area contributed by atoms with Crippen molar-refractivity contribution >= 4 is 27.5 Å². The number of ether oxygens (including phenoxy) is 1. The summed E-state index contributed by atoms with van der Waals surface area (Å²) in [4.78, 5) is 12.2. The van der Waals surface area contributed by atoms with Crippen LogP contribution in [0.15, 0.2) is 48.5 Å². The quantitative estimate of drug-likeness (QED) is 0.689. The first-order chi connectivity index (χ1) is 12.8. The zero-order chi connectivity index (χ0) is 19.9. The van der Waals surface area contributed by atoms with E-state index in [2.05, 4.69) is 5.32 Å². The maximum absolute atomic E-state index is 12.2. The minimum absolute atomic E-state index is 0.0460. The van der Waals surface area contributed by atoms with Crippen LogP contribution in [0.2, 0.25) is 5.02 Å². The molecule has 0 aliphatic rings. The van der Waals surface area contributed by atoms with Gasteiger partial charge in [-0.05, 0) is 35.7 Å². The number of hydrogen-bond donors (Lipinski definition) is 1. The van der Waals surface area contributed by atoms with Crippen LogP contribution in [0.5, 0.6) is 5.75 Å². The van der Waals surface area contributed by atoms with E-state index < -0.39 is 10.0 Å². The van der Waals surface area contributed by atoms with E-state index in [1.165, 1.54) is 0 Å². The fourth-order valence-corrected chi connectivity index (χ4v) is 3.38. The highest BCUT2D eigenvalue weighted by Gasteiger charge is 2.21. The molecule has 2 aromatic rings. The zero-order valence-electron chi connectivity index (χ0n) is 15.3. The summed E-state index contributed by atoms with van der Waals surface area (Å²) in [6, 6.07) is 14.5. The second-order valence-electron chi connectivity index (χ2n) is 6.07. The van der Waals surface area contributed by atoms with Crippen molar-refractivity contribution in [2.75, 3.05) is 26.5 Å². The Morgan fingerprint density at radius 3 is 2.41 bits per heavy atom. The van der Waals surface area contributed by atoms with Gasteiger partial charge in [0.05, 0.1) is 19.9 Å². The first-order valence-electron chi connectivity index (χ1n) is 8.38. The van der Waals surface area contributed by atoms with Crippen LogP contribution in [-0.4, -0.2) is 45.1 Å².